The monoisotopic (exact) mass is 276 g/mol. The van der Waals surface area contributed by atoms with Crippen molar-refractivity contribution in [3.8, 4) is 11.8 Å². The second kappa shape index (κ2) is 7.43. The SMILES string of the molecule is CCCCC1CCC(C#Cc2ccc(F)cc2F)CC1. The molecule has 1 aromatic carbocycles. The third-order valence-corrected chi connectivity index (χ3v) is 4.15. The predicted octanol–water partition coefficient (Wildman–Crippen LogP) is 5.31. The van der Waals surface area contributed by atoms with E-state index >= 15 is 0 Å². The molecule has 0 amide bonds. The standard InChI is InChI=1S/C18H22F2/c1-2-3-4-14-5-7-15(8-6-14)9-10-16-11-12-17(19)13-18(16)20/h11-15H,2-8H2,1H3. The summed E-state index contributed by atoms with van der Waals surface area (Å²) >= 11 is 0. The fourth-order valence-electron chi connectivity index (χ4n) is 2.86. The maximum Gasteiger partial charge on any atom is 0.141 e. The minimum atomic E-state index is -0.561. The van der Waals surface area contributed by atoms with Gasteiger partial charge < -0.3 is 0 Å². The summed E-state index contributed by atoms with van der Waals surface area (Å²) in [6, 6.07) is 3.57. The van der Waals surface area contributed by atoms with E-state index in [1.165, 1.54) is 44.2 Å². The maximum absolute atomic E-state index is 13.5. The quantitative estimate of drug-likeness (QED) is 0.656. The van der Waals surface area contributed by atoms with E-state index in [1.54, 1.807) is 0 Å². The van der Waals surface area contributed by atoms with Gasteiger partial charge in [-0.2, -0.15) is 0 Å². The van der Waals surface area contributed by atoms with E-state index in [2.05, 4.69) is 18.8 Å². The highest BCUT2D eigenvalue weighted by Crippen LogP contribution is 2.31. The number of rotatable bonds is 3. The Morgan fingerprint density at radius 3 is 2.55 bits per heavy atom. The van der Waals surface area contributed by atoms with Crippen LogP contribution in [0.25, 0.3) is 0 Å². The van der Waals surface area contributed by atoms with E-state index in [0.29, 0.717) is 11.5 Å². The van der Waals surface area contributed by atoms with E-state index in [9.17, 15) is 8.78 Å². The molecule has 0 aromatic heterocycles. The second-order valence-electron chi connectivity index (χ2n) is 5.75. The maximum atomic E-state index is 13.5. The zero-order valence-corrected chi connectivity index (χ0v) is 12.1. The van der Waals surface area contributed by atoms with Crippen molar-refractivity contribution < 1.29 is 8.78 Å². The van der Waals surface area contributed by atoms with E-state index in [-0.39, 0.29) is 0 Å². The van der Waals surface area contributed by atoms with Crippen LogP contribution < -0.4 is 0 Å². The molecule has 1 aliphatic carbocycles. The number of unbranched alkanes of at least 4 members (excludes halogenated alkanes) is 1. The summed E-state index contributed by atoms with van der Waals surface area (Å²) in [6.45, 7) is 2.23. The normalized spacial score (nSPS) is 22.1. The molecular formula is C18H22F2. The first-order valence-electron chi connectivity index (χ1n) is 7.65. The summed E-state index contributed by atoms with van der Waals surface area (Å²) in [4.78, 5) is 0. The van der Waals surface area contributed by atoms with Crippen molar-refractivity contribution in [3.63, 3.8) is 0 Å². The first-order chi connectivity index (χ1) is 9.69. The van der Waals surface area contributed by atoms with Crippen molar-refractivity contribution in [3.05, 3.63) is 35.4 Å². The van der Waals surface area contributed by atoms with E-state index in [0.717, 1.165) is 24.8 Å². The smallest absolute Gasteiger partial charge is 0.141 e. The summed E-state index contributed by atoms with van der Waals surface area (Å²) in [6.07, 6.45) is 8.64. The first kappa shape index (κ1) is 15.0. The zero-order chi connectivity index (χ0) is 14.4. The summed E-state index contributed by atoms with van der Waals surface area (Å²) in [5.41, 5.74) is 0.305. The van der Waals surface area contributed by atoms with Gasteiger partial charge in [-0.25, -0.2) is 8.78 Å². The minimum absolute atomic E-state index is 0.305. The van der Waals surface area contributed by atoms with Gasteiger partial charge in [0.15, 0.2) is 0 Å². The van der Waals surface area contributed by atoms with Crippen molar-refractivity contribution >= 4 is 0 Å². The van der Waals surface area contributed by atoms with Crippen LogP contribution in [0.1, 0.15) is 57.4 Å². The van der Waals surface area contributed by atoms with Gasteiger partial charge in [0.1, 0.15) is 11.6 Å². The van der Waals surface area contributed by atoms with Crippen LogP contribution in [-0.2, 0) is 0 Å². The molecule has 0 radical (unpaired) electrons. The highest BCUT2D eigenvalue weighted by Gasteiger charge is 2.19. The van der Waals surface area contributed by atoms with Gasteiger partial charge in [0.25, 0.3) is 0 Å². The highest BCUT2D eigenvalue weighted by atomic mass is 19.1. The summed E-state index contributed by atoms with van der Waals surface area (Å²) < 4.78 is 26.3. The van der Waals surface area contributed by atoms with Gasteiger partial charge in [-0.3, -0.25) is 0 Å². The van der Waals surface area contributed by atoms with Crippen molar-refractivity contribution in [2.45, 2.75) is 51.9 Å². The fourth-order valence-corrected chi connectivity index (χ4v) is 2.86. The molecule has 1 saturated carbocycles. The molecule has 0 unspecified atom stereocenters. The van der Waals surface area contributed by atoms with Gasteiger partial charge in [0.05, 0.1) is 5.56 Å². The van der Waals surface area contributed by atoms with Gasteiger partial charge in [-0.15, -0.1) is 0 Å². The second-order valence-corrected chi connectivity index (χ2v) is 5.75. The van der Waals surface area contributed by atoms with Crippen LogP contribution in [0.5, 0.6) is 0 Å². The Hall–Kier alpha value is -1.36. The van der Waals surface area contributed by atoms with Crippen molar-refractivity contribution in [1.82, 2.24) is 0 Å². The fraction of sp³-hybridized carbons (Fsp3) is 0.556. The number of hydrogen-bond acceptors (Lipinski definition) is 0. The summed E-state index contributed by atoms with van der Waals surface area (Å²) in [7, 11) is 0. The molecule has 2 rings (SSSR count). The summed E-state index contributed by atoms with van der Waals surface area (Å²) in [5, 5.41) is 0. The molecule has 0 nitrogen and oxygen atoms in total. The molecule has 2 heteroatoms. The molecule has 1 aliphatic rings. The van der Waals surface area contributed by atoms with Crippen LogP contribution >= 0.6 is 0 Å². The summed E-state index contributed by atoms with van der Waals surface area (Å²) in [5.74, 6) is 6.16. The average molecular weight is 276 g/mol. The predicted molar refractivity (Wildman–Crippen MR) is 78.2 cm³/mol. The molecule has 20 heavy (non-hydrogen) atoms. The van der Waals surface area contributed by atoms with Gasteiger partial charge in [-0.05, 0) is 43.7 Å². The number of halogens is 2. The lowest BCUT2D eigenvalue weighted by Crippen LogP contribution is -2.13. The van der Waals surface area contributed by atoms with Crippen molar-refractivity contribution in [1.29, 1.82) is 0 Å². The van der Waals surface area contributed by atoms with Crippen LogP contribution in [0.2, 0.25) is 0 Å². The number of benzene rings is 1. The lowest BCUT2D eigenvalue weighted by molar-refractivity contribution is 0.296. The molecule has 1 aromatic rings. The van der Waals surface area contributed by atoms with Gasteiger partial charge in [-0.1, -0.05) is 38.0 Å². The largest absolute Gasteiger partial charge is 0.207 e. The van der Waals surface area contributed by atoms with Gasteiger partial charge >= 0.3 is 0 Å². The Kier molecular flexibility index (Phi) is 5.59. The molecule has 0 bridgehead atoms. The first-order valence-corrected chi connectivity index (χ1v) is 7.65. The van der Waals surface area contributed by atoms with E-state index < -0.39 is 11.6 Å². The topological polar surface area (TPSA) is 0 Å². The molecule has 1 fully saturated rings. The molecule has 0 N–H and O–H groups in total. The van der Waals surface area contributed by atoms with Crippen LogP contribution in [0.15, 0.2) is 18.2 Å². The zero-order valence-electron chi connectivity index (χ0n) is 12.1. The Morgan fingerprint density at radius 2 is 1.90 bits per heavy atom. The Labute approximate surface area is 120 Å². The third kappa shape index (κ3) is 4.34. The van der Waals surface area contributed by atoms with Crippen LogP contribution in [0.3, 0.4) is 0 Å². The highest BCUT2D eigenvalue weighted by molar-refractivity contribution is 5.36. The molecule has 0 saturated heterocycles. The Morgan fingerprint density at radius 1 is 1.15 bits per heavy atom. The van der Waals surface area contributed by atoms with Crippen LogP contribution in [0, 0.1) is 35.3 Å². The average Bonchev–Trinajstić information content (AvgIpc) is 2.45. The molecule has 108 valence electrons. The Balaban J connectivity index is 1.88. The van der Waals surface area contributed by atoms with E-state index in [4.69, 9.17) is 0 Å². The number of hydrogen-bond donors (Lipinski definition) is 0. The Bertz CT molecular complexity index is 488. The van der Waals surface area contributed by atoms with Crippen LogP contribution in [-0.4, -0.2) is 0 Å². The lowest BCUT2D eigenvalue weighted by atomic mass is 9.80. The molecular weight excluding hydrogens is 254 g/mol. The lowest BCUT2D eigenvalue weighted by Gasteiger charge is -2.25. The van der Waals surface area contributed by atoms with Crippen molar-refractivity contribution in [2.75, 3.05) is 0 Å². The van der Waals surface area contributed by atoms with Crippen molar-refractivity contribution in [2.24, 2.45) is 11.8 Å². The van der Waals surface area contributed by atoms with E-state index in [1.807, 2.05) is 0 Å². The third-order valence-electron chi connectivity index (χ3n) is 4.15. The molecule has 0 spiro atoms. The molecule has 0 heterocycles. The minimum Gasteiger partial charge on any atom is -0.207 e. The molecule has 0 atom stereocenters. The van der Waals surface area contributed by atoms with Gasteiger partial charge in [0.2, 0.25) is 0 Å². The molecule has 0 aliphatic heterocycles. The van der Waals surface area contributed by atoms with Crippen LogP contribution in [0.4, 0.5) is 8.78 Å². The van der Waals surface area contributed by atoms with Gasteiger partial charge in [0, 0.05) is 12.0 Å².